The van der Waals surface area contributed by atoms with Gasteiger partial charge < -0.3 is 4.74 Å². The first-order valence-electron chi connectivity index (χ1n) is 6.45. The predicted molar refractivity (Wildman–Crippen MR) is 65.5 cm³/mol. The van der Waals surface area contributed by atoms with E-state index in [1.807, 2.05) is 30.3 Å². The Bertz CT molecular complexity index is 487. The number of hydrogen-bond donors (Lipinski definition) is 0. The second kappa shape index (κ2) is 5.11. The maximum absolute atomic E-state index is 11.7. The molecule has 0 aliphatic carbocycles. The van der Waals surface area contributed by atoms with Crippen molar-refractivity contribution < 1.29 is 19.2 Å². The normalized spacial score (nSPS) is 27.2. The van der Waals surface area contributed by atoms with E-state index in [1.165, 1.54) is 0 Å². The number of cyclic esters (lactones) is 2. The van der Waals surface area contributed by atoms with Crippen LogP contribution < -0.4 is 0 Å². The standard InChI is InChI=1S/C14H15NO4/c16-13-11-7-4-8-15(12(11)14(17)19-13)18-9-10-5-2-1-3-6-10/h1-3,5-6,11-12H,4,7-9H2. The zero-order valence-electron chi connectivity index (χ0n) is 10.5. The quantitative estimate of drug-likeness (QED) is 0.606. The van der Waals surface area contributed by atoms with Gasteiger partial charge in [0.05, 0.1) is 12.5 Å². The van der Waals surface area contributed by atoms with Gasteiger partial charge in [-0.25, -0.2) is 4.79 Å². The van der Waals surface area contributed by atoms with Crippen molar-refractivity contribution in [1.29, 1.82) is 0 Å². The molecule has 0 bridgehead atoms. The fourth-order valence-corrected chi connectivity index (χ4v) is 2.61. The van der Waals surface area contributed by atoms with Gasteiger partial charge >= 0.3 is 11.9 Å². The second-order valence-electron chi connectivity index (χ2n) is 4.83. The van der Waals surface area contributed by atoms with Crippen molar-refractivity contribution in [3.8, 4) is 0 Å². The van der Waals surface area contributed by atoms with E-state index in [1.54, 1.807) is 5.06 Å². The highest BCUT2D eigenvalue weighted by Gasteiger charge is 2.50. The summed E-state index contributed by atoms with van der Waals surface area (Å²) in [4.78, 5) is 28.9. The van der Waals surface area contributed by atoms with Gasteiger partial charge in [0, 0.05) is 6.54 Å². The van der Waals surface area contributed by atoms with E-state index in [2.05, 4.69) is 0 Å². The molecule has 0 spiro atoms. The van der Waals surface area contributed by atoms with Crippen LogP contribution in [-0.4, -0.2) is 29.6 Å². The van der Waals surface area contributed by atoms with Crippen LogP contribution in [0.3, 0.4) is 0 Å². The SMILES string of the molecule is O=C1OC(=O)C2C1CCCN2OCc1ccccc1. The van der Waals surface area contributed by atoms with Gasteiger partial charge in [0.1, 0.15) is 6.04 Å². The third kappa shape index (κ3) is 2.39. The Kier molecular flexibility index (Phi) is 3.31. The van der Waals surface area contributed by atoms with Gasteiger partial charge in [-0.05, 0) is 18.4 Å². The number of hydroxylamine groups is 2. The molecule has 3 rings (SSSR count). The number of benzene rings is 1. The first kappa shape index (κ1) is 12.3. The lowest BCUT2D eigenvalue weighted by Gasteiger charge is -2.32. The number of carbonyl (C=O) groups is 2. The molecular weight excluding hydrogens is 246 g/mol. The lowest BCUT2D eigenvalue weighted by atomic mass is 9.93. The molecule has 0 saturated carbocycles. The Morgan fingerprint density at radius 1 is 1.21 bits per heavy atom. The molecule has 1 aromatic rings. The Balaban J connectivity index is 1.67. The van der Waals surface area contributed by atoms with E-state index in [0.29, 0.717) is 19.6 Å². The molecule has 2 aliphatic heterocycles. The predicted octanol–water partition coefficient (Wildman–Crippen LogP) is 1.28. The number of carbonyl (C=O) groups excluding carboxylic acids is 2. The first-order chi connectivity index (χ1) is 9.25. The zero-order chi connectivity index (χ0) is 13.2. The van der Waals surface area contributed by atoms with E-state index in [9.17, 15) is 9.59 Å². The lowest BCUT2D eigenvalue weighted by molar-refractivity contribution is -0.214. The van der Waals surface area contributed by atoms with Gasteiger partial charge in [0.15, 0.2) is 0 Å². The summed E-state index contributed by atoms with van der Waals surface area (Å²) in [5, 5.41) is 1.61. The van der Waals surface area contributed by atoms with E-state index in [-0.39, 0.29) is 5.92 Å². The number of fused-ring (bicyclic) bond motifs is 1. The van der Waals surface area contributed by atoms with Crippen molar-refractivity contribution in [3.63, 3.8) is 0 Å². The smallest absolute Gasteiger partial charge is 0.334 e. The molecule has 0 aromatic heterocycles. The molecule has 2 heterocycles. The molecule has 100 valence electrons. The van der Waals surface area contributed by atoms with Crippen LogP contribution in [0.25, 0.3) is 0 Å². The molecule has 2 saturated heterocycles. The number of nitrogens with zero attached hydrogens (tertiary/aromatic N) is 1. The number of ether oxygens (including phenoxy) is 1. The summed E-state index contributed by atoms with van der Waals surface area (Å²) in [5.41, 5.74) is 1.03. The maximum atomic E-state index is 11.7. The van der Waals surface area contributed by atoms with Crippen LogP contribution in [0, 0.1) is 5.92 Å². The molecule has 2 unspecified atom stereocenters. The summed E-state index contributed by atoms with van der Waals surface area (Å²) in [6.45, 7) is 1.04. The monoisotopic (exact) mass is 261 g/mol. The van der Waals surface area contributed by atoms with E-state index in [4.69, 9.17) is 9.57 Å². The molecule has 5 heteroatoms. The number of piperidine rings is 1. The molecule has 0 N–H and O–H groups in total. The highest BCUT2D eigenvalue weighted by Crippen LogP contribution is 2.31. The van der Waals surface area contributed by atoms with Gasteiger partial charge in [-0.1, -0.05) is 30.3 Å². The minimum Gasteiger partial charge on any atom is -0.392 e. The van der Waals surface area contributed by atoms with Crippen LogP contribution in [-0.2, 0) is 25.8 Å². The van der Waals surface area contributed by atoms with Crippen LogP contribution in [0.15, 0.2) is 30.3 Å². The Labute approximate surface area is 111 Å². The van der Waals surface area contributed by atoms with Crippen LogP contribution >= 0.6 is 0 Å². The van der Waals surface area contributed by atoms with Crippen molar-refractivity contribution in [2.45, 2.75) is 25.5 Å². The van der Waals surface area contributed by atoms with Gasteiger partial charge in [0.25, 0.3) is 0 Å². The minimum absolute atomic E-state index is 0.364. The topological polar surface area (TPSA) is 55.8 Å². The summed E-state index contributed by atoms with van der Waals surface area (Å²) < 4.78 is 4.69. The summed E-state index contributed by atoms with van der Waals surface area (Å²) in [6.07, 6.45) is 1.53. The molecule has 19 heavy (non-hydrogen) atoms. The summed E-state index contributed by atoms with van der Waals surface area (Å²) in [7, 11) is 0. The fraction of sp³-hybridized carbons (Fsp3) is 0.429. The van der Waals surface area contributed by atoms with E-state index >= 15 is 0 Å². The third-order valence-electron chi connectivity index (χ3n) is 3.57. The number of esters is 2. The van der Waals surface area contributed by atoms with Crippen LogP contribution in [0.5, 0.6) is 0 Å². The molecule has 5 nitrogen and oxygen atoms in total. The summed E-state index contributed by atoms with van der Waals surface area (Å²) in [5.74, 6) is -1.26. The Hall–Kier alpha value is -1.72. The Morgan fingerprint density at radius 3 is 2.79 bits per heavy atom. The largest absolute Gasteiger partial charge is 0.392 e. The van der Waals surface area contributed by atoms with Crippen molar-refractivity contribution in [2.24, 2.45) is 5.92 Å². The van der Waals surface area contributed by atoms with Gasteiger partial charge in [-0.2, -0.15) is 5.06 Å². The van der Waals surface area contributed by atoms with Crippen molar-refractivity contribution >= 4 is 11.9 Å². The number of hydrogen-bond acceptors (Lipinski definition) is 5. The van der Waals surface area contributed by atoms with Gasteiger partial charge in [0.2, 0.25) is 0 Å². The Morgan fingerprint density at radius 2 is 2.00 bits per heavy atom. The van der Waals surface area contributed by atoms with Crippen molar-refractivity contribution in [3.05, 3.63) is 35.9 Å². The average molecular weight is 261 g/mol. The van der Waals surface area contributed by atoms with Gasteiger partial charge in [-0.3, -0.25) is 9.63 Å². The summed E-state index contributed by atoms with van der Waals surface area (Å²) in [6, 6.07) is 9.16. The second-order valence-corrected chi connectivity index (χ2v) is 4.83. The third-order valence-corrected chi connectivity index (χ3v) is 3.57. The molecule has 2 fully saturated rings. The minimum atomic E-state index is -0.565. The number of rotatable bonds is 3. The van der Waals surface area contributed by atoms with Crippen LogP contribution in [0.4, 0.5) is 0 Å². The fourth-order valence-electron chi connectivity index (χ4n) is 2.61. The molecule has 0 radical (unpaired) electrons. The van der Waals surface area contributed by atoms with E-state index < -0.39 is 18.0 Å². The van der Waals surface area contributed by atoms with Crippen molar-refractivity contribution in [1.82, 2.24) is 5.06 Å². The van der Waals surface area contributed by atoms with Crippen LogP contribution in [0.2, 0.25) is 0 Å². The summed E-state index contributed by atoms with van der Waals surface area (Å²) >= 11 is 0. The molecule has 2 atom stereocenters. The molecule has 0 amide bonds. The molecular formula is C14H15NO4. The van der Waals surface area contributed by atoms with Gasteiger partial charge in [-0.15, -0.1) is 0 Å². The zero-order valence-corrected chi connectivity index (χ0v) is 10.5. The highest BCUT2D eigenvalue weighted by molar-refractivity contribution is 5.98. The lowest BCUT2D eigenvalue weighted by Crippen LogP contribution is -2.46. The highest BCUT2D eigenvalue weighted by atomic mass is 16.7. The van der Waals surface area contributed by atoms with Crippen LogP contribution in [0.1, 0.15) is 18.4 Å². The van der Waals surface area contributed by atoms with Crippen molar-refractivity contribution in [2.75, 3.05) is 6.54 Å². The average Bonchev–Trinajstić information content (AvgIpc) is 2.74. The maximum Gasteiger partial charge on any atom is 0.334 e. The first-order valence-corrected chi connectivity index (χ1v) is 6.45. The van der Waals surface area contributed by atoms with E-state index in [0.717, 1.165) is 12.0 Å². The molecule has 2 aliphatic rings. The molecule has 1 aromatic carbocycles.